The molecule has 4 heteroatoms. The molecule has 3 nitrogen and oxygen atoms in total. The smallest absolute Gasteiger partial charge is 0.226 e. The van der Waals surface area contributed by atoms with Crippen molar-refractivity contribution < 1.29 is 9.18 Å². The molecular weight excluding hydrogens is 399 g/mol. The van der Waals surface area contributed by atoms with Crippen molar-refractivity contribution in [2.75, 3.05) is 7.05 Å². The molecule has 4 aliphatic carbocycles. The zero-order valence-corrected chi connectivity index (χ0v) is 19.6. The van der Waals surface area contributed by atoms with Crippen LogP contribution >= 0.6 is 0 Å². The van der Waals surface area contributed by atoms with Crippen LogP contribution in [0.4, 0.5) is 4.39 Å². The Morgan fingerprint density at radius 1 is 1.06 bits per heavy atom. The normalized spacial score (nSPS) is 40.5. The van der Waals surface area contributed by atoms with E-state index in [2.05, 4.69) is 13.0 Å². The quantitative estimate of drug-likeness (QED) is 0.573. The van der Waals surface area contributed by atoms with Gasteiger partial charge in [0.1, 0.15) is 6.17 Å². The standard InChI is InChI=1S/C28H37FN2O/c1-28-14-13-23-22-10-8-21(29)15-20(22)7-9-24(23)25(28)11-12-26(28)27(32)31(2)17-19-5-3-18(16-30)4-6-19/h3-6,20-26H,7-15,17H2,1-2H3/t20?,21-,22?,23?,24?,25?,26+,28?/m0/s1. The number of hydrogen-bond acceptors (Lipinski definition) is 2. The highest BCUT2D eigenvalue weighted by Crippen LogP contribution is 2.64. The second kappa shape index (κ2) is 8.47. The van der Waals surface area contributed by atoms with Gasteiger partial charge in [-0.1, -0.05) is 19.1 Å². The summed E-state index contributed by atoms with van der Waals surface area (Å²) < 4.78 is 14.0. The molecule has 0 aliphatic heterocycles. The molecule has 172 valence electrons. The molecule has 32 heavy (non-hydrogen) atoms. The molecule has 8 atom stereocenters. The molecule has 0 aromatic heterocycles. The Balaban J connectivity index is 1.28. The van der Waals surface area contributed by atoms with Gasteiger partial charge in [-0.2, -0.15) is 5.26 Å². The average molecular weight is 437 g/mol. The van der Waals surface area contributed by atoms with Crippen molar-refractivity contribution in [1.82, 2.24) is 4.90 Å². The predicted molar refractivity (Wildman–Crippen MR) is 123 cm³/mol. The van der Waals surface area contributed by atoms with E-state index in [1.54, 1.807) is 0 Å². The van der Waals surface area contributed by atoms with Crippen LogP contribution in [0.3, 0.4) is 0 Å². The molecule has 5 rings (SSSR count). The van der Waals surface area contributed by atoms with Crippen LogP contribution in [0.2, 0.25) is 0 Å². The average Bonchev–Trinajstić information content (AvgIpc) is 3.15. The molecule has 0 radical (unpaired) electrons. The number of rotatable bonds is 3. The minimum absolute atomic E-state index is 0.112. The lowest BCUT2D eigenvalue weighted by atomic mass is 9.49. The van der Waals surface area contributed by atoms with Crippen LogP contribution in [-0.4, -0.2) is 24.0 Å². The van der Waals surface area contributed by atoms with Gasteiger partial charge in [0.25, 0.3) is 0 Å². The summed E-state index contributed by atoms with van der Waals surface area (Å²) in [5.74, 6) is 3.93. The number of benzene rings is 1. The summed E-state index contributed by atoms with van der Waals surface area (Å²) in [6.07, 6.45) is 9.14. The van der Waals surface area contributed by atoms with Gasteiger partial charge in [0.15, 0.2) is 0 Å². The summed E-state index contributed by atoms with van der Waals surface area (Å²) in [5, 5.41) is 9.01. The van der Waals surface area contributed by atoms with Crippen LogP contribution in [0.1, 0.15) is 75.8 Å². The Labute approximate surface area is 192 Å². The number of nitrogens with zero attached hydrogens (tertiary/aromatic N) is 2. The first-order valence-corrected chi connectivity index (χ1v) is 12.8. The summed E-state index contributed by atoms with van der Waals surface area (Å²) in [6, 6.07) is 9.72. The molecule has 0 saturated heterocycles. The van der Waals surface area contributed by atoms with Crippen molar-refractivity contribution in [3.05, 3.63) is 35.4 Å². The summed E-state index contributed by atoms with van der Waals surface area (Å²) in [4.78, 5) is 15.5. The summed E-state index contributed by atoms with van der Waals surface area (Å²) >= 11 is 0. The third kappa shape index (κ3) is 3.66. The number of carbonyl (C=O) groups excluding carboxylic acids is 1. The number of hydrogen-bond donors (Lipinski definition) is 0. The second-order valence-corrected chi connectivity index (χ2v) is 11.5. The molecule has 0 heterocycles. The number of carbonyl (C=O) groups is 1. The van der Waals surface area contributed by atoms with Crippen LogP contribution < -0.4 is 0 Å². The molecule has 1 aromatic carbocycles. The van der Waals surface area contributed by atoms with Gasteiger partial charge in [0, 0.05) is 19.5 Å². The van der Waals surface area contributed by atoms with Crippen molar-refractivity contribution in [3.63, 3.8) is 0 Å². The Morgan fingerprint density at radius 2 is 1.81 bits per heavy atom. The fourth-order valence-corrected chi connectivity index (χ4v) is 8.50. The van der Waals surface area contributed by atoms with Crippen molar-refractivity contribution in [2.45, 2.75) is 77.4 Å². The summed E-state index contributed by atoms with van der Waals surface area (Å²) in [7, 11) is 1.93. The Bertz CT molecular complexity index is 892. The van der Waals surface area contributed by atoms with E-state index < -0.39 is 6.17 Å². The maximum atomic E-state index is 14.0. The lowest BCUT2D eigenvalue weighted by Crippen LogP contribution is -2.50. The third-order valence-electron chi connectivity index (χ3n) is 10.1. The Hall–Kier alpha value is -1.89. The molecule has 4 aliphatic rings. The largest absolute Gasteiger partial charge is 0.341 e. The molecule has 0 N–H and O–H groups in total. The van der Waals surface area contributed by atoms with Gasteiger partial charge in [0.05, 0.1) is 11.6 Å². The van der Waals surface area contributed by atoms with E-state index in [-0.39, 0.29) is 11.3 Å². The molecule has 4 fully saturated rings. The molecule has 6 unspecified atom stereocenters. The van der Waals surface area contributed by atoms with Crippen molar-refractivity contribution in [2.24, 2.45) is 40.9 Å². The van der Waals surface area contributed by atoms with Crippen molar-refractivity contribution in [1.29, 1.82) is 5.26 Å². The predicted octanol–water partition coefficient (Wildman–Crippen LogP) is 6.12. The fourth-order valence-electron chi connectivity index (χ4n) is 8.50. The highest BCUT2D eigenvalue weighted by molar-refractivity contribution is 5.80. The van der Waals surface area contributed by atoms with E-state index in [4.69, 9.17) is 5.26 Å². The highest BCUT2D eigenvalue weighted by atomic mass is 19.1. The first kappa shape index (κ1) is 21.9. The highest BCUT2D eigenvalue weighted by Gasteiger charge is 2.58. The Morgan fingerprint density at radius 3 is 2.56 bits per heavy atom. The number of amides is 1. The minimum atomic E-state index is -0.568. The first-order valence-electron chi connectivity index (χ1n) is 12.8. The SMILES string of the molecule is CN(Cc1ccc(C#N)cc1)C(=O)[C@H]1CCC2C3CCC4C[C@@H](F)CCC4C3CCC21C. The van der Waals surface area contributed by atoms with Crippen LogP contribution in [0, 0.1) is 52.3 Å². The molecule has 1 amide bonds. The number of alkyl halides is 1. The van der Waals surface area contributed by atoms with E-state index in [0.29, 0.717) is 29.9 Å². The second-order valence-electron chi connectivity index (χ2n) is 11.5. The van der Waals surface area contributed by atoms with Crippen molar-refractivity contribution >= 4 is 5.91 Å². The topological polar surface area (TPSA) is 44.1 Å². The van der Waals surface area contributed by atoms with Crippen LogP contribution in [0.5, 0.6) is 0 Å². The number of halogens is 1. The monoisotopic (exact) mass is 436 g/mol. The van der Waals surface area contributed by atoms with E-state index in [1.807, 2.05) is 36.2 Å². The van der Waals surface area contributed by atoms with Crippen LogP contribution in [0.15, 0.2) is 24.3 Å². The zero-order valence-electron chi connectivity index (χ0n) is 19.6. The number of nitriles is 1. The fraction of sp³-hybridized carbons (Fsp3) is 0.714. The van der Waals surface area contributed by atoms with Gasteiger partial charge in [-0.15, -0.1) is 0 Å². The first-order chi connectivity index (χ1) is 15.4. The van der Waals surface area contributed by atoms with Gasteiger partial charge >= 0.3 is 0 Å². The maximum Gasteiger partial charge on any atom is 0.226 e. The van der Waals surface area contributed by atoms with Crippen LogP contribution in [-0.2, 0) is 11.3 Å². The van der Waals surface area contributed by atoms with Crippen molar-refractivity contribution in [3.8, 4) is 6.07 Å². The van der Waals surface area contributed by atoms with Gasteiger partial charge in [-0.3, -0.25) is 4.79 Å². The van der Waals surface area contributed by atoms with Crippen LogP contribution in [0.25, 0.3) is 0 Å². The van der Waals surface area contributed by atoms with Gasteiger partial charge in [-0.25, -0.2) is 4.39 Å². The van der Waals surface area contributed by atoms with E-state index in [9.17, 15) is 9.18 Å². The lowest BCUT2D eigenvalue weighted by molar-refractivity contribution is -0.142. The van der Waals surface area contributed by atoms with Gasteiger partial charge in [0.2, 0.25) is 5.91 Å². The van der Waals surface area contributed by atoms with E-state index in [0.717, 1.165) is 55.4 Å². The van der Waals surface area contributed by atoms with Gasteiger partial charge < -0.3 is 4.90 Å². The molecule has 0 spiro atoms. The van der Waals surface area contributed by atoms with E-state index >= 15 is 0 Å². The van der Waals surface area contributed by atoms with Gasteiger partial charge in [-0.05, 0) is 110 Å². The summed E-state index contributed by atoms with van der Waals surface area (Å²) in [6.45, 7) is 3.01. The third-order valence-corrected chi connectivity index (χ3v) is 10.1. The maximum absolute atomic E-state index is 14.0. The lowest BCUT2D eigenvalue weighted by Gasteiger charge is -2.56. The number of fused-ring (bicyclic) bond motifs is 5. The summed E-state index contributed by atoms with van der Waals surface area (Å²) in [5.41, 5.74) is 1.84. The Kier molecular flexibility index (Phi) is 5.81. The minimum Gasteiger partial charge on any atom is -0.341 e. The molecule has 0 bridgehead atoms. The zero-order chi connectivity index (χ0) is 22.5. The molecule has 4 saturated carbocycles. The van der Waals surface area contributed by atoms with E-state index in [1.165, 1.54) is 25.7 Å². The molecular formula is C28H37FN2O. The molecule has 1 aromatic rings.